The number of aromatic amines is 2. The number of fused-ring (bicyclic) bond motifs is 1. The SMILES string of the molecule is NCC(c1cc[nH]c1)c1ccc2oc(=O)[nH]c2c1. The van der Waals surface area contributed by atoms with Gasteiger partial charge >= 0.3 is 5.76 Å². The zero-order valence-electron chi connectivity index (χ0n) is 9.64. The van der Waals surface area contributed by atoms with Gasteiger partial charge in [0.1, 0.15) is 0 Å². The molecule has 3 aromatic rings. The highest BCUT2D eigenvalue weighted by molar-refractivity contribution is 5.73. The van der Waals surface area contributed by atoms with Gasteiger partial charge in [-0.2, -0.15) is 0 Å². The number of hydrogen-bond acceptors (Lipinski definition) is 3. The first-order valence-corrected chi connectivity index (χ1v) is 5.73. The van der Waals surface area contributed by atoms with Gasteiger partial charge in [0.25, 0.3) is 0 Å². The van der Waals surface area contributed by atoms with Crippen LogP contribution in [0, 0.1) is 0 Å². The van der Waals surface area contributed by atoms with Gasteiger partial charge in [0.2, 0.25) is 0 Å². The molecule has 0 radical (unpaired) electrons. The smallest absolute Gasteiger partial charge is 0.408 e. The minimum absolute atomic E-state index is 0.110. The number of nitrogens with two attached hydrogens (primary N) is 1. The molecule has 0 aliphatic heterocycles. The third-order valence-corrected chi connectivity index (χ3v) is 3.11. The van der Waals surface area contributed by atoms with Crippen molar-refractivity contribution in [3.63, 3.8) is 0 Å². The van der Waals surface area contributed by atoms with Gasteiger partial charge in [0.15, 0.2) is 5.58 Å². The van der Waals surface area contributed by atoms with E-state index >= 15 is 0 Å². The molecule has 0 spiro atoms. The molecule has 5 nitrogen and oxygen atoms in total. The lowest BCUT2D eigenvalue weighted by Gasteiger charge is -2.13. The molecule has 1 atom stereocenters. The van der Waals surface area contributed by atoms with Gasteiger partial charge in [0, 0.05) is 24.9 Å². The molecular weight excluding hydrogens is 230 g/mol. The summed E-state index contributed by atoms with van der Waals surface area (Å²) in [4.78, 5) is 16.8. The van der Waals surface area contributed by atoms with Gasteiger partial charge in [-0.05, 0) is 29.3 Å². The lowest BCUT2D eigenvalue weighted by atomic mass is 9.93. The lowest BCUT2D eigenvalue weighted by molar-refractivity contribution is 0.555. The fourth-order valence-electron chi connectivity index (χ4n) is 2.20. The summed E-state index contributed by atoms with van der Waals surface area (Å²) < 4.78 is 4.98. The fraction of sp³-hybridized carbons (Fsp3) is 0.154. The molecule has 0 aliphatic rings. The van der Waals surface area contributed by atoms with Crippen LogP contribution >= 0.6 is 0 Å². The first-order chi connectivity index (χ1) is 8.78. The molecule has 18 heavy (non-hydrogen) atoms. The van der Waals surface area contributed by atoms with E-state index in [-0.39, 0.29) is 5.92 Å². The number of rotatable bonds is 3. The van der Waals surface area contributed by atoms with Crippen LogP contribution < -0.4 is 11.5 Å². The van der Waals surface area contributed by atoms with Crippen LogP contribution in [0.5, 0.6) is 0 Å². The number of aromatic nitrogens is 2. The molecule has 1 aromatic carbocycles. The maximum atomic E-state index is 11.1. The van der Waals surface area contributed by atoms with Crippen LogP contribution in [0.1, 0.15) is 17.0 Å². The van der Waals surface area contributed by atoms with Gasteiger partial charge in [-0.1, -0.05) is 6.07 Å². The molecule has 0 bridgehead atoms. The van der Waals surface area contributed by atoms with E-state index < -0.39 is 5.76 Å². The summed E-state index contributed by atoms with van der Waals surface area (Å²) in [6.45, 7) is 0.505. The third kappa shape index (κ3) is 1.74. The van der Waals surface area contributed by atoms with Crippen molar-refractivity contribution in [3.05, 3.63) is 58.3 Å². The average molecular weight is 243 g/mol. The maximum Gasteiger partial charge on any atom is 0.417 e. The van der Waals surface area contributed by atoms with Gasteiger partial charge < -0.3 is 15.1 Å². The summed E-state index contributed by atoms with van der Waals surface area (Å²) in [5.41, 5.74) is 9.28. The monoisotopic (exact) mass is 243 g/mol. The third-order valence-electron chi connectivity index (χ3n) is 3.11. The summed E-state index contributed by atoms with van der Waals surface area (Å²) in [6.07, 6.45) is 3.80. The largest absolute Gasteiger partial charge is 0.417 e. The number of nitrogens with one attached hydrogen (secondary N) is 2. The van der Waals surface area contributed by atoms with E-state index in [1.165, 1.54) is 0 Å². The molecule has 0 aliphatic carbocycles. The van der Waals surface area contributed by atoms with E-state index in [4.69, 9.17) is 10.2 Å². The second-order valence-electron chi connectivity index (χ2n) is 4.20. The molecule has 0 amide bonds. The van der Waals surface area contributed by atoms with E-state index in [9.17, 15) is 4.79 Å². The van der Waals surface area contributed by atoms with Crippen molar-refractivity contribution in [2.75, 3.05) is 6.54 Å². The Balaban J connectivity index is 2.09. The number of H-pyrrole nitrogens is 2. The predicted molar refractivity (Wildman–Crippen MR) is 68.5 cm³/mol. The van der Waals surface area contributed by atoms with Crippen LogP contribution in [0.15, 0.2) is 45.9 Å². The standard InChI is InChI=1S/C13H13N3O2/c14-6-10(9-3-4-15-7-9)8-1-2-12-11(5-8)16-13(17)18-12/h1-5,7,10,15H,6,14H2,(H,16,17). The number of benzene rings is 1. The van der Waals surface area contributed by atoms with Crippen LogP contribution in [-0.2, 0) is 0 Å². The fourth-order valence-corrected chi connectivity index (χ4v) is 2.20. The van der Waals surface area contributed by atoms with Crippen molar-refractivity contribution in [1.82, 2.24) is 9.97 Å². The van der Waals surface area contributed by atoms with E-state index in [1.807, 2.05) is 30.6 Å². The van der Waals surface area contributed by atoms with Gasteiger partial charge in [-0.3, -0.25) is 4.98 Å². The first-order valence-electron chi connectivity index (χ1n) is 5.73. The molecule has 4 N–H and O–H groups in total. The predicted octanol–water partition coefficient (Wildman–Crippen LogP) is 1.54. The van der Waals surface area contributed by atoms with Crippen molar-refractivity contribution < 1.29 is 4.42 Å². The highest BCUT2D eigenvalue weighted by Gasteiger charge is 2.14. The maximum absolute atomic E-state index is 11.1. The van der Waals surface area contributed by atoms with E-state index in [0.717, 1.165) is 11.1 Å². The molecule has 0 saturated carbocycles. The van der Waals surface area contributed by atoms with Crippen molar-refractivity contribution in [3.8, 4) is 0 Å². The Morgan fingerprint density at radius 1 is 1.28 bits per heavy atom. The Morgan fingerprint density at radius 2 is 2.17 bits per heavy atom. The quantitative estimate of drug-likeness (QED) is 0.652. The van der Waals surface area contributed by atoms with E-state index in [0.29, 0.717) is 17.6 Å². The van der Waals surface area contributed by atoms with E-state index in [1.54, 1.807) is 6.07 Å². The van der Waals surface area contributed by atoms with Crippen molar-refractivity contribution in [2.45, 2.75) is 5.92 Å². The summed E-state index contributed by atoms with van der Waals surface area (Å²) in [7, 11) is 0. The van der Waals surface area contributed by atoms with E-state index in [2.05, 4.69) is 9.97 Å². The van der Waals surface area contributed by atoms with Crippen LogP contribution in [0.25, 0.3) is 11.1 Å². The van der Waals surface area contributed by atoms with Crippen molar-refractivity contribution in [1.29, 1.82) is 0 Å². The first kappa shape index (κ1) is 10.9. The Kier molecular flexibility index (Phi) is 2.53. The topological polar surface area (TPSA) is 87.8 Å². The Labute approximate surface area is 103 Å². The molecule has 1 unspecified atom stereocenters. The molecule has 3 rings (SSSR count). The molecule has 5 heteroatoms. The molecule has 0 saturated heterocycles. The highest BCUT2D eigenvalue weighted by Crippen LogP contribution is 2.25. The lowest BCUT2D eigenvalue weighted by Crippen LogP contribution is -2.13. The second-order valence-corrected chi connectivity index (χ2v) is 4.20. The Hall–Kier alpha value is -2.27. The summed E-state index contributed by atoms with van der Waals surface area (Å²) in [5.74, 6) is -0.327. The zero-order chi connectivity index (χ0) is 12.5. The van der Waals surface area contributed by atoms with Gasteiger partial charge in [-0.15, -0.1) is 0 Å². The zero-order valence-corrected chi connectivity index (χ0v) is 9.64. The average Bonchev–Trinajstić information content (AvgIpc) is 2.97. The summed E-state index contributed by atoms with van der Waals surface area (Å²) in [6, 6.07) is 7.63. The van der Waals surface area contributed by atoms with Crippen LogP contribution in [-0.4, -0.2) is 16.5 Å². The van der Waals surface area contributed by atoms with Crippen LogP contribution in [0.3, 0.4) is 0 Å². The number of hydrogen-bond donors (Lipinski definition) is 3. The molecule has 92 valence electrons. The molecular formula is C13H13N3O2. The molecule has 2 heterocycles. The summed E-state index contributed by atoms with van der Waals surface area (Å²) >= 11 is 0. The van der Waals surface area contributed by atoms with Gasteiger partial charge in [0.05, 0.1) is 5.52 Å². The van der Waals surface area contributed by atoms with Gasteiger partial charge in [-0.25, -0.2) is 4.79 Å². The Morgan fingerprint density at radius 3 is 2.89 bits per heavy atom. The van der Waals surface area contributed by atoms with Crippen molar-refractivity contribution >= 4 is 11.1 Å². The highest BCUT2D eigenvalue weighted by atomic mass is 16.4. The molecule has 2 aromatic heterocycles. The Bertz CT molecular complexity index is 709. The van der Waals surface area contributed by atoms with Crippen LogP contribution in [0.4, 0.5) is 0 Å². The second kappa shape index (κ2) is 4.19. The summed E-state index contributed by atoms with van der Waals surface area (Å²) in [5, 5.41) is 0. The van der Waals surface area contributed by atoms with Crippen LogP contribution in [0.2, 0.25) is 0 Å². The minimum Gasteiger partial charge on any atom is -0.408 e. The van der Waals surface area contributed by atoms with Crippen molar-refractivity contribution in [2.24, 2.45) is 5.73 Å². The minimum atomic E-state index is -0.437. The normalized spacial score (nSPS) is 12.9. The number of oxazole rings is 1. The molecule has 0 fully saturated rings.